The van der Waals surface area contributed by atoms with E-state index in [2.05, 4.69) is 11.6 Å². The Morgan fingerprint density at radius 3 is 2.67 bits per heavy atom. The monoisotopic (exact) mass is 422 g/mol. The molecule has 0 aliphatic carbocycles. The van der Waals surface area contributed by atoms with Gasteiger partial charge < -0.3 is 18.5 Å². The van der Waals surface area contributed by atoms with E-state index in [1.165, 1.54) is 17.4 Å². The number of aromatic nitrogens is 1. The number of hydrogen-bond donors (Lipinski definition) is 0. The fourth-order valence-electron chi connectivity index (χ4n) is 3.14. The molecule has 7 nitrogen and oxygen atoms in total. The summed E-state index contributed by atoms with van der Waals surface area (Å²) in [6.07, 6.45) is 1.71. The number of rotatable bonds is 5. The van der Waals surface area contributed by atoms with Crippen LogP contribution in [-0.4, -0.2) is 24.7 Å². The molecule has 8 heteroatoms. The molecular weight excluding hydrogens is 404 g/mol. The standard InChI is InChI=1S/C22H18N2O5S/c1-4-9-24-14-10-17(27-2)18(28-3)12-20(14)30-22(24)23-21(26)19-11-15(25)13-7-5-6-8-16(13)29-19/h4-8,10-12H,1,9H2,2-3H3. The van der Waals surface area contributed by atoms with Crippen molar-refractivity contribution in [3.05, 3.63) is 75.9 Å². The maximum absolute atomic E-state index is 12.8. The molecule has 0 atom stereocenters. The van der Waals surface area contributed by atoms with Crippen LogP contribution in [0.2, 0.25) is 0 Å². The Balaban J connectivity index is 1.89. The summed E-state index contributed by atoms with van der Waals surface area (Å²) in [4.78, 5) is 29.8. The van der Waals surface area contributed by atoms with Gasteiger partial charge >= 0.3 is 5.91 Å². The van der Waals surface area contributed by atoms with Crippen molar-refractivity contribution in [1.82, 2.24) is 4.57 Å². The summed E-state index contributed by atoms with van der Waals surface area (Å²) in [6, 6.07) is 11.6. The third-order valence-corrected chi connectivity index (χ3v) is 5.58. The third-order valence-electron chi connectivity index (χ3n) is 4.54. The normalized spacial score (nSPS) is 11.7. The molecule has 0 unspecified atom stereocenters. The minimum atomic E-state index is -0.638. The molecule has 0 spiro atoms. The van der Waals surface area contributed by atoms with E-state index in [4.69, 9.17) is 13.9 Å². The lowest BCUT2D eigenvalue weighted by Crippen LogP contribution is -2.17. The molecule has 1 amide bonds. The molecule has 0 saturated heterocycles. The number of ether oxygens (including phenoxy) is 2. The van der Waals surface area contributed by atoms with Crippen molar-refractivity contribution in [2.45, 2.75) is 6.54 Å². The van der Waals surface area contributed by atoms with Crippen molar-refractivity contribution >= 4 is 38.4 Å². The minimum Gasteiger partial charge on any atom is -0.493 e. The first-order valence-corrected chi connectivity index (χ1v) is 9.85. The van der Waals surface area contributed by atoms with Gasteiger partial charge in [0.15, 0.2) is 27.5 Å². The van der Waals surface area contributed by atoms with E-state index in [1.807, 2.05) is 16.7 Å². The highest BCUT2D eigenvalue weighted by Crippen LogP contribution is 2.33. The lowest BCUT2D eigenvalue weighted by atomic mass is 10.2. The predicted molar refractivity (Wildman–Crippen MR) is 115 cm³/mol. The topological polar surface area (TPSA) is 83.0 Å². The molecule has 0 fully saturated rings. The Morgan fingerprint density at radius 2 is 1.93 bits per heavy atom. The van der Waals surface area contributed by atoms with Crippen LogP contribution < -0.4 is 19.7 Å². The number of allylic oxidation sites excluding steroid dienone is 1. The first-order chi connectivity index (χ1) is 14.5. The first kappa shape index (κ1) is 19.7. The quantitative estimate of drug-likeness (QED) is 0.458. The van der Waals surface area contributed by atoms with Gasteiger partial charge in [-0.05, 0) is 12.1 Å². The zero-order chi connectivity index (χ0) is 21.3. The molecule has 0 saturated carbocycles. The Bertz CT molecular complexity index is 1410. The summed E-state index contributed by atoms with van der Waals surface area (Å²) < 4.78 is 19.1. The van der Waals surface area contributed by atoms with Gasteiger partial charge in [-0.1, -0.05) is 29.5 Å². The van der Waals surface area contributed by atoms with Crippen LogP contribution in [0.25, 0.3) is 21.2 Å². The van der Waals surface area contributed by atoms with Crippen LogP contribution >= 0.6 is 11.3 Å². The Labute approximate surface area is 175 Å². The zero-order valence-corrected chi connectivity index (χ0v) is 17.2. The molecule has 2 aromatic heterocycles. The smallest absolute Gasteiger partial charge is 0.315 e. The van der Waals surface area contributed by atoms with Gasteiger partial charge in [-0.2, -0.15) is 4.99 Å². The second kappa shape index (κ2) is 8.00. The van der Waals surface area contributed by atoms with Gasteiger partial charge in [0.1, 0.15) is 5.58 Å². The molecule has 0 bridgehead atoms. The molecule has 0 aliphatic rings. The molecule has 0 radical (unpaired) electrons. The number of thiazole rings is 1. The fraction of sp³-hybridized carbons (Fsp3) is 0.136. The number of benzene rings is 2. The van der Waals surface area contributed by atoms with Gasteiger partial charge in [-0.25, -0.2) is 0 Å². The Kier molecular flexibility index (Phi) is 5.24. The molecule has 30 heavy (non-hydrogen) atoms. The van der Waals surface area contributed by atoms with Crippen LogP contribution in [0.15, 0.2) is 69.3 Å². The zero-order valence-electron chi connectivity index (χ0n) is 16.4. The van der Waals surface area contributed by atoms with Gasteiger partial charge in [0, 0.05) is 24.7 Å². The molecule has 4 aromatic rings. The highest BCUT2D eigenvalue weighted by Gasteiger charge is 2.15. The Hall–Kier alpha value is -3.65. The van der Waals surface area contributed by atoms with Crippen LogP contribution in [-0.2, 0) is 6.54 Å². The number of methoxy groups -OCH3 is 2. The third kappa shape index (κ3) is 3.42. The predicted octanol–water partition coefficient (Wildman–Crippen LogP) is 3.75. The average Bonchev–Trinajstić information content (AvgIpc) is 3.08. The van der Waals surface area contributed by atoms with Crippen molar-refractivity contribution in [2.75, 3.05) is 14.2 Å². The SMILES string of the molecule is C=CCn1c(=NC(=O)c2cc(=O)c3ccccc3o2)sc2cc(OC)c(OC)cc21. The van der Waals surface area contributed by atoms with E-state index in [1.54, 1.807) is 44.6 Å². The van der Waals surface area contributed by atoms with Gasteiger partial charge in [0.05, 0.1) is 29.8 Å². The number of nitrogens with zero attached hydrogens (tertiary/aromatic N) is 2. The first-order valence-electron chi connectivity index (χ1n) is 9.04. The summed E-state index contributed by atoms with van der Waals surface area (Å²) >= 11 is 1.32. The van der Waals surface area contributed by atoms with E-state index in [9.17, 15) is 9.59 Å². The number of fused-ring (bicyclic) bond motifs is 2. The van der Waals surface area contributed by atoms with Crippen molar-refractivity contribution in [3.8, 4) is 11.5 Å². The van der Waals surface area contributed by atoms with Gasteiger partial charge in [0.25, 0.3) is 0 Å². The van der Waals surface area contributed by atoms with E-state index in [0.717, 1.165) is 10.2 Å². The van der Waals surface area contributed by atoms with Crippen molar-refractivity contribution in [2.24, 2.45) is 4.99 Å². The largest absolute Gasteiger partial charge is 0.493 e. The summed E-state index contributed by atoms with van der Waals surface area (Å²) in [6.45, 7) is 4.22. The average molecular weight is 422 g/mol. The lowest BCUT2D eigenvalue weighted by molar-refractivity contribution is 0.0972. The van der Waals surface area contributed by atoms with Crippen molar-refractivity contribution in [1.29, 1.82) is 0 Å². The lowest BCUT2D eigenvalue weighted by Gasteiger charge is -2.08. The maximum Gasteiger partial charge on any atom is 0.315 e. The minimum absolute atomic E-state index is 0.114. The summed E-state index contributed by atoms with van der Waals surface area (Å²) in [5.41, 5.74) is 0.873. The van der Waals surface area contributed by atoms with E-state index < -0.39 is 5.91 Å². The van der Waals surface area contributed by atoms with Gasteiger partial charge in [0.2, 0.25) is 0 Å². The van der Waals surface area contributed by atoms with Crippen molar-refractivity contribution < 1.29 is 18.7 Å². The number of carbonyl (C=O) groups excluding carboxylic acids is 1. The highest BCUT2D eigenvalue weighted by molar-refractivity contribution is 7.16. The van der Waals surface area contributed by atoms with Crippen LogP contribution in [0.5, 0.6) is 11.5 Å². The summed E-state index contributed by atoms with van der Waals surface area (Å²) in [5.74, 6) is 0.395. The van der Waals surface area contributed by atoms with E-state index in [-0.39, 0.29) is 11.2 Å². The molecule has 2 heterocycles. The van der Waals surface area contributed by atoms with Crippen LogP contribution in [0.3, 0.4) is 0 Å². The molecule has 2 aromatic carbocycles. The number of amides is 1. The Morgan fingerprint density at radius 1 is 1.20 bits per heavy atom. The second-order valence-electron chi connectivity index (χ2n) is 6.35. The fourth-order valence-corrected chi connectivity index (χ4v) is 4.19. The molecule has 4 rings (SSSR count). The number of carbonyl (C=O) groups is 1. The highest BCUT2D eigenvalue weighted by atomic mass is 32.1. The summed E-state index contributed by atoms with van der Waals surface area (Å²) in [7, 11) is 3.12. The van der Waals surface area contributed by atoms with Crippen LogP contribution in [0.4, 0.5) is 0 Å². The van der Waals surface area contributed by atoms with E-state index in [0.29, 0.717) is 33.8 Å². The van der Waals surface area contributed by atoms with Crippen LogP contribution in [0, 0.1) is 0 Å². The molecular formula is C22H18N2O5S. The molecule has 0 aliphatic heterocycles. The summed E-state index contributed by atoms with van der Waals surface area (Å²) in [5, 5.41) is 0.414. The number of para-hydroxylation sites is 1. The maximum atomic E-state index is 12.8. The molecule has 152 valence electrons. The number of hydrogen-bond acceptors (Lipinski definition) is 6. The van der Waals surface area contributed by atoms with E-state index >= 15 is 0 Å². The van der Waals surface area contributed by atoms with Gasteiger partial charge in [-0.15, -0.1) is 6.58 Å². The van der Waals surface area contributed by atoms with Crippen molar-refractivity contribution in [3.63, 3.8) is 0 Å². The van der Waals surface area contributed by atoms with Gasteiger partial charge in [-0.3, -0.25) is 9.59 Å². The second-order valence-corrected chi connectivity index (χ2v) is 7.36. The molecule has 0 N–H and O–H groups in total. The van der Waals surface area contributed by atoms with Crippen LogP contribution in [0.1, 0.15) is 10.6 Å².